The Hall–Kier alpha value is -2.23. The first kappa shape index (κ1) is 19.8. The number of carboxylic acids is 2. The lowest BCUT2D eigenvalue weighted by atomic mass is 9.97. The number of carboxylic acid groups (broad SMARTS) is 2. The van der Waals surface area contributed by atoms with Crippen LogP contribution in [0, 0.1) is 0 Å². The highest BCUT2D eigenvalue weighted by atomic mass is 16.4. The summed E-state index contributed by atoms with van der Waals surface area (Å²) >= 11 is 0. The lowest BCUT2D eigenvalue weighted by Crippen LogP contribution is -2.40. The smallest absolute Gasteiger partial charge is 0.320 e. The third-order valence-corrected chi connectivity index (χ3v) is 3.56. The molecule has 0 spiro atoms. The van der Waals surface area contributed by atoms with Gasteiger partial charge in [0.15, 0.2) is 18.5 Å². The van der Waals surface area contributed by atoms with Gasteiger partial charge in [-0.15, -0.1) is 0 Å². The monoisotopic (exact) mass is 342 g/mol. The summed E-state index contributed by atoms with van der Waals surface area (Å²) in [5.74, 6) is -2.51. The number of aromatic hydroxyl groups is 1. The van der Waals surface area contributed by atoms with Gasteiger partial charge < -0.3 is 31.9 Å². The fourth-order valence-electron chi connectivity index (χ4n) is 2.32. The molecule has 1 aromatic rings. The molecule has 0 fully saturated rings. The van der Waals surface area contributed by atoms with E-state index < -0.39 is 30.1 Å². The molecule has 0 radical (unpaired) electrons. The second kappa shape index (κ2) is 8.57. The highest BCUT2D eigenvalue weighted by Gasteiger charge is 2.23. The zero-order chi connectivity index (χ0) is 18.4. The largest absolute Gasteiger partial charge is 0.503 e. The summed E-state index contributed by atoms with van der Waals surface area (Å²) in [6.07, 6.45) is 2.58. The van der Waals surface area contributed by atoms with Crippen molar-refractivity contribution in [2.75, 3.05) is 0 Å². The highest BCUT2D eigenvalue weighted by Crippen LogP contribution is 2.22. The predicted octanol–water partition coefficient (Wildman–Crippen LogP) is -1.64. The van der Waals surface area contributed by atoms with Gasteiger partial charge in [0.1, 0.15) is 18.2 Å². The van der Waals surface area contributed by atoms with E-state index in [4.69, 9.17) is 21.7 Å². The van der Waals surface area contributed by atoms with Crippen LogP contribution in [-0.2, 0) is 29.0 Å². The Morgan fingerprint density at radius 3 is 2.25 bits per heavy atom. The maximum absolute atomic E-state index is 11.0. The van der Waals surface area contributed by atoms with E-state index in [0.717, 1.165) is 0 Å². The zero-order valence-electron chi connectivity index (χ0n) is 13.4. The number of hydrogen-bond acceptors (Lipinski definition) is 6. The average molecular weight is 342 g/mol. The number of aliphatic hydroxyl groups excluding tert-OH is 1. The molecule has 0 aromatic carbocycles. The third-order valence-electron chi connectivity index (χ3n) is 3.56. The normalized spacial score (nSPS) is 14.8. The summed E-state index contributed by atoms with van der Waals surface area (Å²) in [4.78, 5) is 21.8. The molecule has 3 atom stereocenters. The standard InChI is InChI=1S/C15H23N3O6/c1-8(19)5-18-6-9(2-3-11(16)14(21)22)10(13(20)7-18)4-12(17)15(23)24/h6-8,11-12,19H,2-5,16-17H2,1H3,(H2-,20,21,22,23,24)/p+1/t8-,11+,12+/m1/s1. The van der Waals surface area contributed by atoms with Gasteiger partial charge in [0.2, 0.25) is 6.20 Å². The molecule has 0 amide bonds. The first-order valence-electron chi connectivity index (χ1n) is 7.50. The quantitative estimate of drug-likeness (QED) is 0.290. The van der Waals surface area contributed by atoms with Crippen LogP contribution in [0.5, 0.6) is 5.75 Å². The number of hydrogen-bond donors (Lipinski definition) is 6. The number of pyridine rings is 1. The molecule has 1 heterocycles. The van der Waals surface area contributed by atoms with Crippen LogP contribution >= 0.6 is 0 Å². The predicted molar refractivity (Wildman–Crippen MR) is 83.2 cm³/mol. The van der Waals surface area contributed by atoms with Gasteiger partial charge in [0.05, 0.1) is 0 Å². The molecule has 0 saturated heterocycles. The molecule has 134 valence electrons. The van der Waals surface area contributed by atoms with Crippen molar-refractivity contribution in [3.8, 4) is 5.75 Å². The van der Waals surface area contributed by atoms with E-state index in [2.05, 4.69) is 0 Å². The average Bonchev–Trinajstić information content (AvgIpc) is 2.46. The highest BCUT2D eigenvalue weighted by molar-refractivity contribution is 5.74. The third kappa shape index (κ3) is 5.76. The van der Waals surface area contributed by atoms with Crippen molar-refractivity contribution in [3.05, 3.63) is 23.5 Å². The van der Waals surface area contributed by atoms with Crippen LogP contribution in [-0.4, -0.2) is 50.6 Å². The second-order valence-corrected chi connectivity index (χ2v) is 5.83. The van der Waals surface area contributed by atoms with E-state index in [1.54, 1.807) is 17.7 Å². The van der Waals surface area contributed by atoms with Gasteiger partial charge in [-0.05, 0) is 19.8 Å². The van der Waals surface area contributed by atoms with Gasteiger partial charge in [-0.25, -0.2) is 0 Å². The van der Waals surface area contributed by atoms with Crippen molar-refractivity contribution < 1.29 is 34.6 Å². The molecular formula is C15H24N3O6+. The molecule has 0 saturated carbocycles. The Kier molecular flexibility index (Phi) is 7.08. The maximum Gasteiger partial charge on any atom is 0.320 e. The van der Waals surface area contributed by atoms with Crippen LogP contribution in [0.4, 0.5) is 0 Å². The number of rotatable bonds is 9. The number of aromatic nitrogens is 1. The van der Waals surface area contributed by atoms with Crippen LogP contribution in [0.2, 0.25) is 0 Å². The van der Waals surface area contributed by atoms with Gasteiger partial charge in [-0.2, -0.15) is 4.57 Å². The van der Waals surface area contributed by atoms with Crippen LogP contribution in [0.15, 0.2) is 12.4 Å². The lowest BCUT2D eigenvalue weighted by Gasteiger charge is -2.14. The molecule has 0 unspecified atom stereocenters. The van der Waals surface area contributed by atoms with E-state index in [1.807, 2.05) is 0 Å². The summed E-state index contributed by atoms with van der Waals surface area (Å²) in [5, 5.41) is 37.5. The van der Waals surface area contributed by atoms with Crippen molar-refractivity contribution in [2.24, 2.45) is 11.5 Å². The lowest BCUT2D eigenvalue weighted by molar-refractivity contribution is -0.703. The first-order chi connectivity index (χ1) is 11.1. The Balaban J connectivity index is 3.13. The zero-order valence-corrected chi connectivity index (χ0v) is 13.4. The fraction of sp³-hybridized carbons (Fsp3) is 0.533. The van der Waals surface area contributed by atoms with Crippen LogP contribution in [0.1, 0.15) is 24.5 Å². The number of nitrogens with zero attached hydrogens (tertiary/aromatic N) is 1. The minimum Gasteiger partial charge on any atom is -0.503 e. The molecule has 0 aliphatic heterocycles. The van der Waals surface area contributed by atoms with E-state index in [1.165, 1.54) is 6.20 Å². The number of aliphatic hydroxyl groups is 1. The molecule has 0 bridgehead atoms. The van der Waals surface area contributed by atoms with E-state index >= 15 is 0 Å². The van der Waals surface area contributed by atoms with Crippen LogP contribution < -0.4 is 16.0 Å². The minimum atomic E-state index is -1.21. The minimum absolute atomic E-state index is 0.103. The van der Waals surface area contributed by atoms with Gasteiger partial charge in [0.25, 0.3) is 0 Å². The summed E-state index contributed by atoms with van der Waals surface area (Å²) in [6.45, 7) is 1.80. The van der Waals surface area contributed by atoms with Crippen molar-refractivity contribution >= 4 is 11.9 Å². The molecule has 24 heavy (non-hydrogen) atoms. The van der Waals surface area contributed by atoms with Gasteiger partial charge in [-0.1, -0.05) is 0 Å². The first-order valence-corrected chi connectivity index (χ1v) is 7.50. The molecule has 1 rings (SSSR count). The fourth-order valence-corrected chi connectivity index (χ4v) is 2.32. The van der Waals surface area contributed by atoms with Crippen molar-refractivity contribution in [1.82, 2.24) is 0 Å². The van der Waals surface area contributed by atoms with Gasteiger partial charge in [0, 0.05) is 17.5 Å². The second-order valence-electron chi connectivity index (χ2n) is 5.83. The van der Waals surface area contributed by atoms with Crippen molar-refractivity contribution in [3.63, 3.8) is 0 Å². The van der Waals surface area contributed by atoms with Gasteiger partial charge in [-0.3, -0.25) is 9.59 Å². The molecular weight excluding hydrogens is 318 g/mol. The summed E-state index contributed by atoms with van der Waals surface area (Å²) in [5.41, 5.74) is 11.9. The number of aryl methyl sites for hydroxylation is 1. The van der Waals surface area contributed by atoms with Crippen molar-refractivity contribution in [2.45, 2.75) is 50.9 Å². The van der Waals surface area contributed by atoms with Gasteiger partial charge >= 0.3 is 11.9 Å². The molecule has 9 heteroatoms. The number of carbonyl (C=O) groups is 2. The Bertz CT molecular complexity index is 605. The topological polar surface area (TPSA) is 171 Å². The number of nitrogens with two attached hydrogens (primary N) is 2. The number of aliphatic carboxylic acids is 2. The summed E-state index contributed by atoms with van der Waals surface area (Å²) in [7, 11) is 0. The molecule has 9 nitrogen and oxygen atoms in total. The SMILES string of the molecule is C[C@@H](O)C[n+]1cc(O)c(C[C@H](N)C(=O)O)c(CC[C@H](N)C(=O)O)c1. The Morgan fingerprint density at radius 2 is 1.75 bits per heavy atom. The van der Waals surface area contributed by atoms with E-state index in [9.17, 15) is 19.8 Å². The Morgan fingerprint density at radius 1 is 1.17 bits per heavy atom. The van der Waals surface area contributed by atoms with Crippen LogP contribution in [0.25, 0.3) is 0 Å². The summed E-state index contributed by atoms with van der Waals surface area (Å²) < 4.78 is 1.55. The molecule has 1 aromatic heterocycles. The molecule has 0 aliphatic rings. The van der Waals surface area contributed by atoms with Crippen molar-refractivity contribution in [1.29, 1.82) is 0 Å². The van der Waals surface area contributed by atoms with E-state index in [-0.39, 0.29) is 31.6 Å². The Labute approximate surface area is 139 Å². The van der Waals surface area contributed by atoms with Crippen LogP contribution in [0.3, 0.4) is 0 Å². The summed E-state index contributed by atoms with van der Waals surface area (Å²) in [6, 6.07) is -2.27. The van der Waals surface area contributed by atoms with E-state index in [0.29, 0.717) is 11.1 Å². The molecule has 0 aliphatic carbocycles. The maximum atomic E-state index is 11.0. The molecule has 8 N–H and O–H groups in total.